The summed E-state index contributed by atoms with van der Waals surface area (Å²) in [5.41, 5.74) is 6.78. The highest BCUT2D eigenvalue weighted by Gasteiger charge is 2.29. The zero-order valence-corrected chi connectivity index (χ0v) is 24.0. The van der Waals surface area contributed by atoms with Gasteiger partial charge in [0, 0.05) is 30.8 Å². The van der Waals surface area contributed by atoms with Crippen LogP contribution in [0.1, 0.15) is 15.9 Å². The lowest BCUT2D eigenvalue weighted by Gasteiger charge is -2.22. The summed E-state index contributed by atoms with van der Waals surface area (Å²) in [6, 6.07) is 16.6. The molecule has 0 aliphatic rings. The fraction of sp³-hybridized carbons (Fsp3) is 0.207. The second-order valence-corrected chi connectivity index (χ2v) is 16.8. The predicted octanol–water partition coefficient (Wildman–Crippen LogP) is 5.89. The van der Waals surface area contributed by atoms with E-state index in [4.69, 9.17) is 4.42 Å². The molecular formula is C29H29FN2O4SSi. The van der Waals surface area contributed by atoms with Gasteiger partial charge in [-0.15, -0.1) is 5.54 Å². The van der Waals surface area contributed by atoms with E-state index in [1.165, 1.54) is 38.4 Å². The summed E-state index contributed by atoms with van der Waals surface area (Å²) < 4.78 is 46.6. The Bertz CT molecular complexity index is 1710. The van der Waals surface area contributed by atoms with Crippen molar-refractivity contribution < 1.29 is 22.0 Å². The Balaban J connectivity index is 2.09. The number of hydrogen-bond acceptors (Lipinski definition) is 4. The summed E-state index contributed by atoms with van der Waals surface area (Å²) in [5.74, 6) is 2.58. The predicted molar refractivity (Wildman–Crippen MR) is 154 cm³/mol. The van der Waals surface area contributed by atoms with Gasteiger partial charge < -0.3 is 9.73 Å². The van der Waals surface area contributed by atoms with Crippen LogP contribution in [0.5, 0.6) is 0 Å². The number of rotatable bonds is 5. The number of sulfonamides is 1. The van der Waals surface area contributed by atoms with Crippen molar-refractivity contribution in [3.05, 3.63) is 77.6 Å². The van der Waals surface area contributed by atoms with E-state index in [9.17, 15) is 17.6 Å². The summed E-state index contributed by atoms with van der Waals surface area (Å²) in [6.07, 6.45) is 1.10. The average Bonchev–Trinajstić information content (AvgIpc) is 3.25. The van der Waals surface area contributed by atoms with Gasteiger partial charge in [0.05, 0.1) is 22.9 Å². The Labute approximate surface area is 223 Å². The third-order valence-electron chi connectivity index (χ3n) is 5.96. The van der Waals surface area contributed by atoms with Crippen molar-refractivity contribution in [3.63, 3.8) is 0 Å². The lowest BCUT2D eigenvalue weighted by atomic mass is 9.96. The number of furan rings is 1. The molecule has 0 aliphatic carbocycles. The van der Waals surface area contributed by atoms with Crippen LogP contribution in [0, 0.1) is 17.3 Å². The molecule has 0 radical (unpaired) electrons. The number of fused-ring (bicyclic) bond motifs is 1. The molecule has 0 fully saturated rings. The van der Waals surface area contributed by atoms with Gasteiger partial charge in [-0.1, -0.05) is 37.7 Å². The molecule has 1 amide bonds. The van der Waals surface area contributed by atoms with Crippen LogP contribution in [0.4, 0.5) is 10.1 Å². The maximum Gasteiger partial charge on any atom is 0.255 e. The lowest BCUT2D eigenvalue weighted by Crippen LogP contribution is -2.26. The monoisotopic (exact) mass is 548 g/mol. The molecule has 0 aliphatic heterocycles. The minimum atomic E-state index is -3.74. The maximum atomic E-state index is 13.6. The van der Waals surface area contributed by atoms with Gasteiger partial charge in [0.1, 0.15) is 25.2 Å². The van der Waals surface area contributed by atoms with Gasteiger partial charge in [0.2, 0.25) is 10.0 Å². The molecule has 38 heavy (non-hydrogen) atoms. The van der Waals surface area contributed by atoms with E-state index in [1.807, 2.05) is 24.3 Å². The smallest absolute Gasteiger partial charge is 0.255 e. The van der Waals surface area contributed by atoms with Crippen LogP contribution in [0.15, 0.2) is 65.1 Å². The Morgan fingerprint density at radius 1 is 1.03 bits per heavy atom. The van der Waals surface area contributed by atoms with Gasteiger partial charge in [-0.2, -0.15) is 0 Å². The topological polar surface area (TPSA) is 79.6 Å². The molecule has 0 unspecified atom stereocenters. The zero-order chi connectivity index (χ0) is 27.8. The highest BCUT2D eigenvalue weighted by molar-refractivity contribution is 7.92. The molecule has 0 spiro atoms. The molecule has 3 aromatic carbocycles. The molecule has 196 valence electrons. The van der Waals surface area contributed by atoms with Crippen molar-refractivity contribution in [2.45, 2.75) is 19.6 Å². The molecule has 0 saturated carbocycles. The first-order chi connectivity index (χ1) is 17.8. The number of carbonyl (C=O) groups excluding carboxylic acids is 1. The Hall–Kier alpha value is -3.87. The zero-order valence-electron chi connectivity index (χ0n) is 22.1. The molecule has 1 aromatic heterocycles. The lowest BCUT2D eigenvalue weighted by molar-refractivity contribution is 0.0964. The van der Waals surface area contributed by atoms with Crippen molar-refractivity contribution in [1.29, 1.82) is 0 Å². The highest BCUT2D eigenvalue weighted by Crippen LogP contribution is 2.44. The van der Waals surface area contributed by atoms with Crippen molar-refractivity contribution >= 4 is 40.7 Å². The molecular weight excluding hydrogens is 519 g/mol. The normalized spacial score (nSPS) is 11.7. The van der Waals surface area contributed by atoms with E-state index in [1.54, 1.807) is 12.1 Å². The van der Waals surface area contributed by atoms with Gasteiger partial charge >= 0.3 is 0 Å². The van der Waals surface area contributed by atoms with Crippen molar-refractivity contribution in [2.24, 2.45) is 0 Å². The van der Waals surface area contributed by atoms with Crippen LogP contribution in [-0.2, 0) is 10.0 Å². The SMILES string of the molecule is CNC(=O)c1c(-c2ccc(F)cc2)oc2ccc(-c3cccc(C#C[Si](C)(C)C)c3)c(N(C)S(C)(=O)=O)c12. The van der Waals surface area contributed by atoms with Crippen LogP contribution in [0.25, 0.3) is 33.4 Å². The number of carbonyl (C=O) groups is 1. The quantitative estimate of drug-likeness (QED) is 0.249. The number of nitrogens with zero attached hydrogens (tertiary/aromatic N) is 1. The minimum absolute atomic E-state index is 0.163. The van der Waals surface area contributed by atoms with E-state index in [0.717, 1.165) is 21.7 Å². The molecule has 4 aromatic rings. The fourth-order valence-corrected chi connectivity index (χ4v) is 5.11. The van der Waals surface area contributed by atoms with Gasteiger partial charge in [0.25, 0.3) is 5.91 Å². The first-order valence-electron chi connectivity index (χ1n) is 11.9. The molecule has 4 rings (SSSR count). The third-order valence-corrected chi connectivity index (χ3v) is 8.01. The number of nitrogens with one attached hydrogen (secondary N) is 1. The Morgan fingerprint density at radius 3 is 2.32 bits per heavy atom. The molecule has 1 N–H and O–H groups in total. The largest absolute Gasteiger partial charge is 0.455 e. The second kappa shape index (κ2) is 10.1. The van der Waals surface area contributed by atoms with Gasteiger partial charge in [-0.3, -0.25) is 9.10 Å². The van der Waals surface area contributed by atoms with Crippen LogP contribution >= 0.6 is 0 Å². The summed E-state index contributed by atoms with van der Waals surface area (Å²) in [6.45, 7) is 6.48. The van der Waals surface area contributed by atoms with Crippen LogP contribution < -0.4 is 9.62 Å². The maximum absolute atomic E-state index is 13.6. The van der Waals surface area contributed by atoms with Gasteiger partial charge in [-0.05, 0) is 54.1 Å². The molecule has 0 atom stereocenters. The summed E-state index contributed by atoms with van der Waals surface area (Å²) >= 11 is 0. The molecule has 1 heterocycles. The third kappa shape index (κ3) is 5.52. The van der Waals surface area contributed by atoms with Gasteiger partial charge in [-0.25, -0.2) is 12.8 Å². The number of halogens is 1. The summed E-state index contributed by atoms with van der Waals surface area (Å²) in [7, 11) is -2.42. The number of amides is 1. The van der Waals surface area contributed by atoms with Crippen LogP contribution in [0.2, 0.25) is 19.6 Å². The van der Waals surface area contributed by atoms with E-state index in [2.05, 4.69) is 36.4 Å². The van der Waals surface area contributed by atoms with Gasteiger partial charge in [0.15, 0.2) is 0 Å². The first kappa shape index (κ1) is 27.2. The second-order valence-electron chi connectivity index (χ2n) is 10.0. The van der Waals surface area contributed by atoms with E-state index < -0.39 is 29.8 Å². The molecule has 0 bridgehead atoms. The van der Waals surface area contributed by atoms with Crippen molar-refractivity contribution in [2.75, 3.05) is 24.7 Å². The Morgan fingerprint density at radius 2 is 1.71 bits per heavy atom. The first-order valence-corrected chi connectivity index (χ1v) is 17.3. The number of benzene rings is 3. The summed E-state index contributed by atoms with van der Waals surface area (Å²) in [4.78, 5) is 13.2. The van der Waals surface area contributed by atoms with Crippen LogP contribution in [0.3, 0.4) is 0 Å². The van der Waals surface area contributed by atoms with Crippen LogP contribution in [-0.4, -0.2) is 42.7 Å². The van der Waals surface area contributed by atoms with E-state index in [0.29, 0.717) is 27.8 Å². The highest BCUT2D eigenvalue weighted by atomic mass is 32.2. The minimum Gasteiger partial charge on any atom is -0.455 e. The fourth-order valence-electron chi connectivity index (χ4n) is 4.07. The standard InChI is InChI=1S/C29H29FN2O4SSi/c1-31-29(33)26-25-24(36-28(26)20-10-12-22(30)13-11-20)15-14-23(27(25)32(2)37(3,34)35)21-9-7-8-19(18-21)16-17-38(4,5)6/h7-15,18H,1-6H3,(H,31,33). The molecule has 6 nitrogen and oxygen atoms in total. The summed E-state index contributed by atoms with van der Waals surface area (Å²) in [5, 5.41) is 2.97. The molecule has 9 heteroatoms. The molecule has 0 saturated heterocycles. The van der Waals surface area contributed by atoms with Crippen molar-refractivity contribution in [1.82, 2.24) is 5.32 Å². The van der Waals surface area contributed by atoms with E-state index in [-0.39, 0.29) is 11.3 Å². The number of anilines is 1. The Kier molecular flexibility index (Phi) is 7.24. The average molecular weight is 549 g/mol. The number of hydrogen-bond donors (Lipinski definition) is 1. The van der Waals surface area contributed by atoms with Crippen molar-refractivity contribution in [3.8, 4) is 33.9 Å². The van der Waals surface area contributed by atoms with E-state index >= 15 is 0 Å².